The van der Waals surface area contributed by atoms with Crippen LogP contribution in [0.3, 0.4) is 0 Å². The van der Waals surface area contributed by atoms with Gasteiger partial charge in [0.05, 0.1) is 24.8 Å². The van der Waals surface area contributed by atoms with Crippen LogP contribution in [0, 0.1) is 0 Å². The number of benzene rings is 2. The molecular formula is C19H20ClNO5. The lowest BCUT2D eigenvalue weighted by Crippen LogP contribution is -2.31. The van der Waals surface area contributed by atoms with E-state index in [2.05, 4.69) is 0 Å². The highest BCUT2D eigenvalue weighted by Gasteiger charge is 2.27. The molecule has 0 radical (unpaired) electrons. The van der Waals surface area contributed by atoms with E-state index in [9.17, 15) is 9.59 Å². The van der Waals surface area contributed by atoms with Crippen LogP contribution in [0.1, 0.15) is 22.0 Å². The van der Waals surface area contributed by atoms with Gasteiger partial charge in [-0.2, -0.15) is 0 Å². The van der Waals surface area contributed by atoms with Crippen LogP contribution in [0.15, 0.2) is 42.5 Å². The third kappa shape index (κ3) is 4.26. The molecule has 2 rings (SSSR count). The SMILES string of the molecule is COc1cc(C(=O)O[C@H](C(=O)N(C)C)c2ccccc2)cc(Cl)c1OC. The molecule has 0 aliphatic carbocycles. The second-order valence-corrected chi connectivity index (χ2v) is 6.03. The summed E-state index contributed by atoms with van der Waals surface area (Å²) in [6, 6.07) is 11.7. The van der Waals surface area contributed by atoms with Crippen molar-refractivity contribution in [3.05, 3.63) is 58.6 Å². The van der Waals surface area contributed by atoms with Gasteiger partial charge in [-0.3, -0.25) is 4.79 Å². The Balaban J connectivity index is 2.36. The zero-order chi connectivity index (χ0) is 19.3. The second-order valence-electron chi connectivity index (χ2n) is 5.62. The zero-order valence-corrected chi connectivity index (χ0v) is 15.7. The number of hydrogen-bond acceptors (Lipinski definition) is 5. The van der Waals surface area contributed by atoms with Crippen molar-refractivity contribution in [3.8, 4) is 11.5 Å². The number of nitrogens with zero attached hydrogens (tertiary/aromatic N) is 1. The van der Waals surface area contributed by atoms with E-state index in [0.29, 0.717) is 17.1 Å². The maximum absolute atomic E-state index is 12.6. The lowest BCUT2D eigenvalue weighted by Gasteiger charge is -2.21. The van der Waals surface area contributed by atoms with Crippen molar-refractivity contribution in [1.29, 1.82) is 0 Å². The molecule has 0 unspecified atom stereocenters. The minimum Gasteiger partial charge on any atom is -0.493 e. The molecule has 0 saturated heterocycles. The Morgan fingerprint density at radius 3 is 2.23 bits per heavy atom. The Hall–Kier alpha value is -2.73. The fraction of sp³-hybridized carbons (Fsp3) is 0.263. The van der Waals surface area contributed by atoms with E-state index in [4.69, 9.17) is 25.8 Å². The third-order valence-electron chi connectivity index (χ3n) is 3.66. The van der Waals surface area contributed by atoms with Crippen molar-refractivity contribution >= 4 is 23.5 Å². The van der Waals surface area contributed by atoms with Crippen LogP contribution in [0.4, 0.5) is 0 Å². The van der Waals surface area contributed by atoms with Crippen LogP contribution < -0.4 is 9.47 Å². The summed E-state index contributed by atoms with van der Waals surface area (Å²) < 4.78 is 15.8. The lowest BCUT2D eigenvalue weighted by molar-refractivity contribution is -0.138. The number of esters is 1. The highest BCUT2D eigenvalue weighted by molar-refractivity contribution is 6.32. The molecule has 0 saturated carbocycles. The summed E-state index contributed by atoms with van der Waals surface area (Å²) in [6.07, 6.45) is -1.06. The first-order valence-electron chi connectivity index (χ1n) is 7.77. The van der Waals surface area contributed by atoms with Crippen molar-refractivity contribution in [1.82, 2.24) is 4.90 Å². The fourth-order valence-corrected chi connectivity index (χ4v) is 2.62. The third-order valence-corrected chi connectivity index (χ3v) is 3.94. The molecule has 1 atom stereocenters. The molecule has 7 heteroatoms. The molecule has 0 fully saturated rings. The van der Waals surface area contributed by atoms with Crippen LogP contribution in [0.2, 0.25) is 5.02 Å². The van der Waals surface area contributed by atoms with Crippen LogP contribution in [-0.2, 0) is 9.53 Å². The van der Waals surface area contributed by atoms with Gasteiger partial charge in [-0.25, -0.2) is 4.79 Å². The lowest BCUT2D eigenvalue weighted by atomic mass is 10.1. The van der Waals surface area contributed by atoms with Crippen LogP contribution in [0.5, 0.6) is 11.5 Å². The summed E-state index contributed by atoms with van der Waals surface area (Å²) in [5.74, 6) is -0.440. The van der Waals surface area contributed by atoms with Crippen LogP contribution in [0.25, 0.3) is 0 Å². The molecule has 0 aliphatic rings. The van der Waals surface area contributed by atoms with Crippen LogP contribution in [-0.4, -0.2) is 45.1 Å². The molecule has 0 aromatic heterocycles. The van der Waals surface area contributed by atoms with Crippen molar-refractivity contribution in [2.75, 3.05) is 28.3 Å². The van der Waals surface area contributed by atoms with E-state index in [0.717, 1.165) is 0 Å². The normalized spacial score (nSPS) is 11.4. The Bertz CT molecular complexity index is 792. The first kappa shape index (κ1) is 19.6. The summed E-state index contributed by atoms with van der Waals surface area (Å²) in [6.45, 7) is 0. The molecule has 26 heavy (non-hydrogen) atoms. The van der Waals surface area contributed by atoms with Crippen LogP contribution >= 0.6 is 11.6 Å². The Morgan fingerprint density at radius 2 is 1.69 bits per heavy atom. The molecule has 2 aromatic carbocycles. The highest BCUT2D eigenvalue weighted by atomic mass is 35.5. The molecule has 138 valence electrons. The maximum atomic E-state index is 12.6. The number of ether oxygens (including phenoxy) is 3. The average molecular weight is 378 g/mol. The summed E-state index contributed by atoms with van der Waals surface area (Å²) in [7, 11) is 6.08. The molecular weight excluding hydrogens is 358 g/mol. The smallest absolute Gasteiger partial charge is 0.339 e. The zero-order valence-electron chi connectivity index (χ0n) is 15.0. The highest BCUT2D eigenvalue weighted by Crippen LogP contribution is 2.36. The van der Waals surface area contributed by atoms with Gasteiger partial charge in [-0.15, -0.1) is 0 Å². The van der Waals surface area contributed by atoms with Gasteiger partial charge >= 0.3 is 5.97 Å². The number of carbonyl (C=O) groups excluding carboxylic acids is 2. The molecule has 1 amide bonds. The monoisotopic (exact) mass is 377 g/mol. The molecule has 0 spiro atoms. The van der Waals surface area contributed by atoms with Crippen molar-refractivity contribution in [2.24, 2.45) is 0 Å². The Kier molecular flexibility index (Phi) is 6.46. The minimum atomic E-state index is -1.06. The van der Waals surface area contributed by atoms with E-state index >= 15 is 0 Å². The summed E-state index contributed by atoms with van der Waals surface area (Å²) in [4.78, 5) is 26.5. The molecule has 0 N–H and O–H groups in total. The van der Waals surface area contributed by atoms with E-state index in [1.54, 1.807) is 38.4 Å². The number of carbonyl (C=O) groups is 2. The predicted molar refractivity (Wildman–Crippen MR) is 97.8 cm³/mol. The van der Waals surface area contributed by atoms with Crippen molar-refractivity contribution < 1.29 is 23.8 Å². The quantitative estimate of drug-likeness (QED) is 0.722. The van der Waals surface area contributed by atoms with Crippen molar-refractivity contribution in [2.45, 2.75) is 6.10 Å². The van der Waals surface area contributed by atoms with E-state index in [-0.39, 0.29) is 16.5 Å². The fourth-order valence-electron chi connectivity index (χ4n) is 2.33. The van der Waals surface area contributed by atoms with Gasteiger partial charge in [0.15, 0.2) is 11.5 Å². The molecule has 2 aromatic rings. The summed E-state index contributed by atoms with van der Waals surface area (Å²) in [5, 5.41) is 0.203. The van der Waals surface area contributed by atoms with Crippen molar-refractivity contribution in [3.63, 3.8) is 0 Å². The van der Waals surface area contributed by atoms with Gasteiger partial charge in [0.1, 0.15) is 0 Å². The van der Waals surface area contributed by atoms with Gasteiger partial charge in [0.2, 0.25) is 6.10 Å². The molecule has 0 bridgehead atoms. The van der Waals surface area contributed by atoms with Gasteiger partial charge in [-0.1, -0.05) is 41.9 Å². The maximum Gasteiger partial charge on any atom is 0.339 e. The second kappa shape index (κ2) is 8.58. The summed E-state index contributed by atoms with van der Waals surface area (Å²) >= 11 is 6.14. The number of halogens is 1. The molecule has 0 heterocycles. The number of likely N-dealkylation sites (N-methyl/N-ethyl adjacent to an activating group) is 1. The summed E-state index contributed by atoms with van der Waals surface area (Å²) in [5.41, 5.74) is 0.728. The molecule has 6 nitrogen and oxygen atoms in total. The average Bonchev–Trinajstić information content (AvgIpc) is 2.65. The number of rotatable bonds is 6. The minimum absolute atomic E-state index is 0.153. The standard InChI is InChI=1S/C19H20ClNO5/c1-21(2)18(22)16(12-8-6-5-7-9-12)26-19(23)13-10-14(20)17(25-4)15(11-13)24-3/h5-11,16H,1-4H3/t16-/m0/s1. The number of hydrogen-bond donors (Lipinski definition) is 0. The Morgan fingerprint density at radius 1 is 1.04 bits per heavy atom. The number of methoxy groups -OCH3 is 2. The Labute approximate surface area is 157 Å². The van der Waals surface area contributed by atoms with Gasteiger partial charge in [0.25, 0.3) is 5.91 Å². The predicted octanol–water partition coefficient (Wildman–Crippen LogP) is 3.34. The van der Waals surface area contributed by atoms with Gasteiger partial charge < -0.3 is 19.1 Å². The van der Waals surface area contributed by atoms with Gasteiger partial charge in [0, 0.05) is 19.7 Å². The number of amides is 1. The van der Waals surface area contributed by atoms with E-state index < -0.39 is 12.1 Å². The van der Waals surface area contributed by atoms with E-state index in [1.165, 1.54) is 31.3 Å². The first-order valence-corrected chi connectivity index (χ1v) is 8.15. The van der Waals surface area contributed by atoms with Gasteiger partial charge in [-0.05, 0) is 12.1 Å². The largest absolute Gasteiger partial charge is 0.493 e. The molecule has 0 aliphatic heterocycles. The van der Waals surface area contributed by atoms with E-state index in [1.807, 2.05) is 6.07 Å². The topological polar surface area (TPSA) is 65.1 Å². The first-order chi connectivity index (χ1) is 12.4.